The van der Waals surface area contributed by atoms with Crippen molar-refractivity contribution in [2.24, 2.45) is 5.73 Å². The van der Waals surface area contributed by atoms with Gasteiger partial charge in [-0.05, 0) is 43.4 Å². The van der Waals surface area contributed by atoms with Crippen molar-refractivity contribution in [1.29, 1.82) is 0 Å². The number of nitrogens with one attached hydrogen (secondary N) is 1. The first-order chi connectivity index (χ1) is 11.7. The lowest BCUT2D eigenvalue weighted by Crippen LogP contribution is -2.29. The van der Waals surface area contributed by atoms with Crippen molar-refractivity contribution in [3.8, 4) is 0 Å². The smallest absolute Gasteiger partial charge is 0.253 e. The zero-order chi connectivity index (χ0) is 16.8. The van der Waals surface area contributed by atoms with Gasteiger partial charge in [0, 0.05) is 12.2 Å². The number of nitrogens with two attached hydrogens (primary N) is 1. The highest BCUT2D eigenvalue weighted by Gasteiger charge is 2.29. The summed E-state index contributed by atoms with van der Waals surface area (Å²) in [6, 6.07) is 7.87. The molecule has 1 saturated heterocycles. The molecule has 1 aliphatic heterocycles. The van der Waals surface area contributed by atoms with Gasteiger partial charge in [-0.1, -0.05) is 31.4 Å². The molecule has 25 heavy (non-hydrogen) atoms. The summed E-state index contributed by atoms with van der Waals surface area (Å²) in [5, 5.41) is 2.95. The molecule has 1 heterocycles. The summed E-state index contributed by atoms with van der Waals surface area (Å²) in [6.45, 7) is 1.07. The van der Waals surface area contributed by atoms with Gasteiger partial charge in [-0.3, -0.25) is 4.79 Å². The van der Waals surface area contributed by atoms with Crippen LogP contribution in [0, 0.1) is 0 Å². The van der Waals surface area contributed by atoms with E-state index in [4.69, 9.17) is 15.2 Å². The van der Waals surface area contributed by atoms with Gasteiger partial charge in [0.1, 0.15) is 6.10 Å². The molecule has 0 radical (unpaired) electrons. The first-order valence-corrected chi connectivity index (χ1v) is 9.11. The van der Waals surface area contributed by atoms with Crippen LogP contribution in [0.15, 0.2) is 24.3 Å². The molecule has 1 aromatic carbocycles. The average molecular weight is 369 g/mol. The van der Waals surface area contributed by atoms with E-state index in [1.165, 1.54) is 19.3 Å². The Morgan fingerprint density at radius 1 is 1.20 bits per heavy atom. The Hall–Kier alpha value is -1.14. The zero-order valence-corrected chi connectivity index (χ0v) is 15.4. The standard InChI is InChI=1S/C19H28N2O3.ClH/c20-12-17-9-10-18(24-17)19(22)21-15-6-4-5-14(11-15)13-23-16-7-2-1-3-8-16;/h4-6,11,16-18H,1-3,7-10,12-13,20H2,(H,21,22);1H/t17-,18+;/m1./s1. The van der Waals surface area contributed by atoms with Gasteiger partial charge in [-0.25, -0.2) is 0 Å². The van der Waals surface area contributed by atoms with Crippen molar-refractivity contribution in [2.75, 3.05) is 11.9 Å². The molecule has 1 amide bonds. The van der Waals surface area contributed by atoms with Crippen LogP contribution in [0.1, 0.15) is 50.5 Å². The number of rotatable bonds is 6. The van der Waals surface area contributed by atoms with Crippen LogP contribution in [0.3, 0.4) is 0 Å². The quantitative estimate of drug-likeness (QED) is 0.807. The van der Waals surface area contributed by atoms with Crippen LogP contribution in [-0.2, 0) is 20.9 Å². The fourth-order valence-electron chi connectivity index (χ4n) is 3.48. The first kappa shape index (κ1) is 20.2. The lowest BCUT2D eigenvalue weighted by atomic mass is 9.98. The number of carbonyl (C=O) groups is 1. The van der Waals surface area contributed by atoms with Gasteiger partial charge in [-0.2, -0.15) is 0 Å². The third-order valence-electron chi connectivity index (χ3n) is 4.90. The Balaban J connectivity index is 0.00000225. The molecular formula is C19H29ClN2O3. The predicted molar refractivity (Wildman–Crippen MR) is 101 cm³/mol. The third kappa shape index (κ3) is 5.96. The molecule has 3 rings (SSSR count). The third-order valence-corrected chi connectivity index (χ3v) is 4.90. The van der Waals surface area contributed by atoms with Crippen LogP contribution in [0.5, 0.6) is 0 Å². The van der Waals surface area contributed by atoms with E-state index in [-0.39, 0.29) is 30.5 Å². The van der Waals surface area contributed by atoms with E-state index in [0.717, 1.165) is 36.9 Å². The van der Waals surface area contributed by atoms with Gasteiger partial charge in [0.05, 0.1) is 18.8 Å². The first-order valence-electron chi connectivity index (χ1n) is 9.11. The molecule has 0 bridgehead atoms. The van der Waals surface area contributed by atoms with Crippen LogP contribution in [0.25, 0.3) is 0 Å². The molecule has 1 aromatic rings. The van der Waals surface area contributed by atoms with E-state index in [2.05, 4.69) is 5.32 Å². The molecule has 0 unspecified atom stereocenters. The van der Waals surface area contributed by atoms with Gasteiger partial charge < -0.3 is 20.5 Å². The Kier molecular flexibility index (Phi) is 8.16. The highest BCUT2D eigenvalue weighted by atomic mass is 35.5. The SMILES string of the molecule is Cl.NC[C@H]1CC[C@@H](C(=O)Nc2cccc(COC3CCCCC3)c2)O1. The Bertz CT molecular complexity index is 549. The van der Waals surface area contributed by atoms with Crippen molar-refractivity contribution in [3.05, 3.63) is 29.8 Å². The molecule has 2 fully saturated rings. The molecule has 6 heteroatoms. The van der Waals surface area contributed by atoms with Crippen molar-refractivity contribution in [3.63, 3.8) is 0 Å². The number of hydrogen-bond donors (Lipinski definition) is 2. The second kappa shape index (κ2) is 10.1. The summed E-state index contributed by atoms with van der Waals surface area (Å²) < 4.78 is 11.6. The maximum Gasteiger partial charge on any atom is 0.253 e. The lowest BCUT2D eigenvalue weighted by molar-refractivity contribution is -0.126. The van der Waals surface area contributed by atoms with Gasteiger partial charge in [-0.15, -0.1) is 12.4 Å². The minimum Gasteiger partial charge on any atom is -0.374 e. The van der Waals surface area contributed by atoms with Crippen molar-refractivity contribution >= 4 is 24.0 Å². The lowest BCUT2D eigenvalue weighted by Gasteiger charge is -2.22. The molecule has 0 spiro atoms. The fraction of sp³-hybridized carbons (Fsp3) is 0.632. The largest absolute Gasteiger partial charge is 0.374 e. The molecule has 2 aliphatic rings. The van der Waals surface area contributed by atoms with E-state index in [0.29, 0.717) is 19.3 Å². The molecule has 0 aromatic heterocycles. The summed E-state index contributed by atoms with van der Waals surface area (Å²) in [4.78, 5) is 12.3. The Labute approximate surface area is 156 Å². The number of anilines is 1. The topological polar surface area (TPSA) is 73.6 Å². The molecule has 2 atom stereocenters. The minimum absolute atomic E-state index is 0. The zero-order valence-electron chi connectivity index (χ0n) is 14.6. The Morgan fingerprint density at radius 3 is 2.72 bits per heavy atom. The highest BCUT2D eigenvalue weighted by Crippen LogP contribution is 2.23. The molecular weight excluding hydrogens is 340 g/mol. The van der Waals surface area contributed by atoms with Crippen molar-refractivity contribution in [1.82, 2.24) is 0 Å². The van der Waals surface area contributed by atoms with Crippen LogP contribution in [-0.4, -0.2) is 30.8 Å². The van der Waals surface area contributed by atoms with Crippen molar-refractivity contribution in [2.45, 2.75) is 69.9 Å². The molecule has 3 N–H and O–H groups in total. The van der Waals surface area contributed by atoms with Crippen LogP contribution >= 0.6 is 12.4 Å². The predicted octanol–water partition coefficient (Wildman–Crippen LogP) is 3.40. The second-order valence-electron chi connectivity index (χ2n) is 6.82. The van der Waals surface area contributed by atoms with Gasteiger partial charge in [0.25, 0.3) is 5.91 Å². The summed E-state index contributed by atoms with van der Waals surface area (Å²) in [7, 11) is 0. The van der Waals surface area contributed by atoms with E-state index in [1.54, 1.807) is 0 Å². The number of halogens is 1. The number of ether oxygens (including phenoxy) is 2. The number of carbonyl (C=O) groups excluding carboxylic acids is 1. The summed E-state index contributed by atoms with van der Waals surface area (Å²) >= 11 is 0. The molecule has 1 saturated carbocycles. The van der Waals surface area contributed by atoms with Gasteiger partial charge in [0.2, 0.25) is 0 Å². The molecule has 140 valence electrons. The number of benzene rings is 1. The van der Waals surface area contributed by atoms with E-state index >= 15 is 0 Å². The number of hydrogen-bond acceptors (Lipinski definition) is 4. The van der Waals surface area contributed by atoms with Crippen LogP contribution in [0.2, 0.25) is 0 Å². The summed E-state index contributed by atoms with van der Waals surface area (Å²) in [5.41, 5.74) is 7.48. The second-order valence-corrected chi connectivity index (χ2v) is 6.82. The van der Waals surface area contributed by atoms with Gasteiger partial charge in [0.15, 0.2) is 0 Å². The van der Waals surface area contributed by atoms with Gasteiger partial charge >= 0.3 is 0 Å². The molecule has 1 aliphatic carbocycles. The average Bonchev–Trinajstić information content (AvgIpc) is 3.11. The van der Waals surface area contributed by atoms with Crippen molar-refractivity contribution < 1.29 is 14.3 Å². The Morgan fingerprint density at radius 2 is 2.00 bits per heavy atom. The summed E-state index contributed by atoms with van der Waals surface area (Å²) in [5.74, 6) is -0.0868. The van der Waals surface area contributed by atoms with Crippen LogP contribution < -0.4 is 11.1 Å². The summed E-state index contributed by atoms with van der Waals surface area (Å²) in [6.07, 6.45) is 7.79. The fourth-order valence-corrected chi connectivity index (χ4v) is 3.48. The molecule has 5 nitrogen and oxygen atoms in total. The normalized spacial score (nSPS) is 23.9. The van der Waals surface area contributed by atoms with E-state index in [9.17, 15) is 4.79 Å². The minimum atomic E-state index is -0.388. The van der Waals surface area contributed by atoms with E-state index in [1.807, 2.05) is 24.3 Å². The van der Waals surface area contributed by atoms with Crippen LogP contribution in [0.4, 0.5) is 5.69 Å². The highest BCUT2D eigenvalue weighted by molar-refractivity contribution is 5.94. The maximum absolute atomic E-state index is 12.3. The number of amides is 1. The monoisotopic (exact) mass is 368 g/mol. The van der Waals surface area contributed by atoms with E-state index < -0.39 is 0 Å². The maximum atomic E-state index is 12.3.